The molecule has 0 saturated carbocycles. The van der Waals surface area contributed by atoms with Crippen LogP contribution < -0.4 is 20.1 Å². The lowest BCUT2D eigenvalue weighted by Gasteiger charge is -2.22. The van der Waals surface area contributed by atoms with Crippen LogP contribution in [0.5, 0.6) is 11.5 Å². The first kappa shape index (κ1) is 19.9. The Balaban J connectivity index is 1.59. The molecule has 0 bridgehead atoms. The number of amides is 4. The van der Waals surface area contributed by atoms with Gasteiger partial charge < -0.3 is 25.2 Å². The number of aliphatic hydroxyl groups is 1. The molecule has 9 heteroatoms. The normalized spacial score (nSPS) is 20.1. The Morgan fingerprint density at radius 3 is 2.82 bits per heavy atom. The van der Waals surface area contributed by atoms with Crippen LogP contribution in [0.1, 0.15) is 32.3 Å². The first-order valence-corrected chi connectivity index (χ1v) is 9.33. The Bertz CT molecular complexity index is 768. The molecule has 3 atom stereocenters. The fourth-order valence-electron chi connectivity index (χ4n) is 3.19. The number of ether oxygens (including phenoxy) is 2. The predicted molar refractivity (Wildman–Crippen MR) is 98.5 cm³/mol. The van der Waals surface area contributed by atoms with Crippen LogP contribution in [0.15, 0.2) is 18.2 Å². The zero-order valence-electron chi connectivity index (χ0n) is 15.9. The monoisotopic (exact) mass is 391 g/mol. The molecular formula is C19H25N3O6. The van der Waals surface area contributed by atoms with E-state index in [2.05, 4.69) is 10.6 Å². The first-order chi connectivity index (χ1) is 13.4. The first-order valence-electron chi connectivity index (χ1n) is 9.33. The van der Waals surface area contributed by atoms with E-state index in [0.717, 1.165) is 16.9 Å². The summed E-state index contributed by atoms with van der Waals surface area (Å²) in [5.41, 5.74) is 0.718. The van der Waals surface area contributed by atoms with Crippen LogP contribution in [-0.2, 0) is 16.1 Å². The number of hydrogen-bond acceptors (Lipinski definition) is 6. The molecule has 0 unspecified atom stereocenters. The van der Waals surface area contributed by atoms with Crippen molar-refractivity contribution in [2.45, 2.75) is 45.3 Å². The molecular weight excluding hydrogens is 366 g/mol. The number of aliphatic hydroxyl groups excluding tert-OH is 1. The van der Waals surface area contributed by atoms with Crippen molar-refractivity contribution in [3.63, 3.8) is 0 Å². The summed E-state index contributed by atoms with van der Waals surface area (Å²) in [5, 5.41) is 14.7. The molecule has 2 aliphatic heterocycles. The van der Waals surface area contributed by atoms with Gasteiger partial charge in [-0.05, 0) is 23.6 Å². The lowest BCUT2D eigenvalue weighted by Crippen LogP contribution is -2.44. The summed E-state index contributed by atoms with van der Waals surface area (Å²) in [6.07, 6.45) is 0.628. The summed E-state index contributed by atoms with van der Waals surface area (Å²) in [4.78, 5) is 38.1. The Kier molecular flexibility index (Phi) is 6.03. The van der Waals surface area contributed by atoms with Crippen LogP contribution in [-0.4, -0.2) is 53.3 Å². The molecule has 0 aromatic heterocycles. The molecule has 4 amide bonds. The van der Waals surface area contributed by atoms with Gasteiger partial charge in [0.1, 0.15) is 6.04 Å². The van der Waals surface area contributed by atoms with E-state index in [0.29, 0.717) is 11.5 Å². The molecule has 9 nitrogen and oxygen atoms in total. The second kappa shape index (κ2) is 8.47. The van der Waals surface area contributed by atoms with Crippen LogP contribution in [0.3, 0.4) is 0 Å². The van der Waals surface area contributed by atoms with Gasteiger partial charge in [0.05, 0.1) is 25.6 Å². The minimum Gasteiger partial charge on any atom is -0.454 e. The lowest BCUT2D eigenvalue weighted by atomic mass is 9.99. The fraction of sp³-hybridized carbons (Fsp3) is 0.526. The summed E-state index contributed by atoms with van der Waals surface area (Å²) in [5.74, 6) is 0.450. The summed E-state index contributed by atoms with van der Waals surface area (Å²) >= 11 is 0. The molecule has 3 rings (SSSR count). The van der Waals surface area contributed by atoms with Crippen molar-refractivity contribution in [3.05, 3.63) is 23.8 Å². The van der Waals surface area contributed by atoms with Crippen LogP contribution in [0.25, 0.3) is 0 Å². The van der Waals surface area contributed by atoms with Gasteiger partial charge in [-0.3, -0.25) is 14.5 Å². The van der Waals surface area contributed by atoms with Crippen LogP contribution >= 0.6 is 0 Å². The smallest absolute Gasteiger partial charge is 0.325 e. The number of imide groups is 1. The number of urea groups is 1. The van der Waals surface area contributed by atoms with Gasteiger partial charge in [-0.1, -0.05) is 26.3 Å². The zero-order chi connectivity index (χ0) is 20.3. The average Bonchev–Trinajstić information content (AvgIpc) is 3.25. The van der Waals surface area contributed by atoms with Crippen molar-refractivity contribution in [1.82, 2.24) is 15.5 Å². The summed E-state index contributed by atoms with van der Waals surface area (Å²) in [7, 11) is 0. The maximum atomic E-state index is 12.6. The van der Waals surface area contributed by atoms with Crippen molar-refractivity contribution in [3.8, 4) is 11.5 Å². The topological polar surface area (TPSA) is 117 Å². The van der Waals surface area contributed by atoms with Gasteiger partial charge >= 0.3 is 6.03 Å². The third-order valence-electron chi connectivity index (χ3n) is 5.15. The van der Waals surface area contributed by atoms with Crippen LogP contribution in [0.4, 0.5) is 4.79 Å². The molecule has 1 aromatic rings. The molecule has 0 radical (unpaired) electrons. The number of hydrogen-bond donors (Lipinski definition) is 3. The Morgan fingerprint density at radius 2 is 2.11 bits per heavy atom. The maximum absolute atomic E-state index is 12.6. The average molecular weight is 391 g/mol. The van der Waals surface area contributed by atoms with E-state index in [1.807, 2.05) is 13.8 Å². The number of nitrogens with zero attached hydrogens (tertiary/aromatic N) is 1. The minimum absolute atomic E-state index is 0.0750. The van der Waals surface area contributed by atoms with Crippen molar-refractivity contribution < 1.29 is 29.0 Å². The van der Waals surface area contributed by atoms with Crippen LogP contribution in [0.2, 0.25) is 0 Å². The molecule has 0 spiro atoms. The van der Waals surface area contributed by atoms with Crippen molar-refractivity contribution >= 4 is 17.8 Å². The molecule has 28 heavy (non-hydrogen) atoms. The highest BCUT2D eigenvalue weighted by Crippen LogP contribution is 2.33. The van der Waals surface area contributed by atoms with E-state index in [9.17, 15) is 19.5 Å². The molecule has 1 fully saturated rings. The van der Waals surface area contributed by atoms with Gasteiger partial charge in [-0.2, -0.15) is 0 Å². The van der Waals surface area contributed by atoms with Gasteiger partial charge in [0, 0.05) is 0 Å². The van der Waals surface area contributed by atoms with E-state index in [1.54, 1.807) is 18.2 Å². The largest absolute Gasteiger partial charge is 0.454 e. The summed E-state index contributed by atoms with van der Waals surface area (Å²) in [6, 6.07) is 3.37. The minimum atomic E-state index is -0.919. The number of carbonyl (C=O) groups excluding carboxylic acids is 3. The molecule has 2 aliphatic rings. The maximum Gasteiger partial charge on any atom is 0.325 e. The number of nitrogens with one attached hydrogen (secondary N) is 2. The summed E-state index contributed by atoms with van der Waals surface area (Å²) in [6.45, 7) is 3.93. The number of carbonyl (C=O) groups is 3. The number of benzene rings is 1. The van der Waals surface area contributed by atoms with E-state index in [4.69, 9.17) is 9.47 Å². The van der Waals surface area contributed by atoms with E-state index >= 15 is 0 Å². The van der Waals surface area contributed by atoms with Gasteiger partial charge in [0.25, 0.3) is 5.91 Å². The third kappa shape index (κ3) is 4.19. The van der Waals surface area contributed by atoms with E-state index in [-0.39, 0.29) is 44.2 Å². The fourth-order valence-corrected chi connectivity index (χ4v) is 3.19. The highest BCUT2D eigenvalue weighted by Gasteiger charge is 2.39. The molecule has 1 aromatic carbocycles. The van der Waals surface area contributed by atoms with Crippen molar-refractivity contribution in [2.24, 2.45) is 5.92 Å². The SMILES string of the molecule is CC[C@H](C)[C@H](CO)NC(=O)C[C@@H]1NC(=O)N(Cc2ccc3c(c2)OCO3)C1=O. The van der Waals surface area contributed by atoms with Crippen molar-refractivity contribution in [1.29, 1.82) is 0 Å². The Morgan fingerprint density at radius 1 is 1.36 bits per heavy atom. The van der Waals surface area contributed by atoms with Gasteiger partial charge in [-0.25, -0.2) is 4.79 Å². The number of rotatable bonds is 8. The van der Waals surface area contributed by atoms with Crippen molar-refractivity contribution in [2.75, 3.05) is 13.4 Å². The highest BCUT2D eigenvalue weighted by molar-refractivity contribution is 6.05. The Labute approximate surface area is 163 Å². The lowest BCUT2D eigenvalue weighted by molar-refractivity contribution is -0.131. The molecule has 152 valence electrons. The molecule has 3 N–H and O–H groups in total. The number of fused-ring (bicyclic) bond motifs is 1. The standard InChI is InChI=1S/C19H25N3O6/c1-3-11(2)14(9-23)20-17(24)7-13-18(25)22(19(26)21-13)8-12-4-5-15-16(6-12)28-10-27-15/h4-6,11,13-14,23H,3,7-10H2,1-2H3,(H,20,24)(H,21,26)/t11-,13-,14-/m0/s1. The second-order valence-electron chi connectivity index (χ2n) is 7.06. The van der Waals surface area contributed by atoms with Gasteiger partial charge in [-0.15, -0.1) is 0 Å². The molecule has 1 saturated heterocycles. The quantitative estimate of drug-likeness (QED) is 0.563. The van der Waals surface area contributed by atoms with E-state index in [1.165, 1.54) is 0 Å². The third-order valence-corrected chi connectivity index (χ3v) is 5.15. The van der Waals surface area contributed by atoms with Crippen LogP contribution in [0, 0.1) is 5.92 Å². The van der Waals surface area contributed by atoms with Gasteiger partial charge in [0.2, 0.25) is 12.7 Å². The highest BCUT2D eigenvalue weighted by atomic mass is 16.7. The zero-order valence-corrected chi connectivity index (χ0v) is 15.9. The summed E-state index contributed by atoms with van der Waals surface area (Å²) < 4.78 is 10.6. The predicted octanol–water partition coefficient (Wildman–Crippen LogP) is 0.749. The molecule has 2 heterocycles. The second-order valence-corrected chi connectivity index (χ2v) is 7.06. The molecule has 0 aliphatic carbocycles. The Hall–Kier alpha value is -2.81. The van der Waals surface area contributed by atoms with Gasteiger partial charge in [0.15, 0.2) is 11.5 Å². The van der Waals surface area contributed by atoms with E-state index < -0.39 is 18.0 Å².